The van der Waals surface area contributed by atoms with Gasteiger partial charge in [-0.3, -0.25) is 0 Å². The maximum absolute atomic E-state index is 12.4. The number of hydrogen-bond acceptors (Lipinski definition) is 4. The number of aryl methyl sites for hydroxylation is 1. The summed E-state index contributed by atoms with van der Waals surface area (Å²) in [5, 5.41) is 7.62. The molecule has 1 aliphatic rings. The van der Waals surface area contributed by atoms with Gasteiger partial charge in [0.1, 0.15) is 5.00 Å². The van der Waals surface area contributed by atoms with Crippen LogP contribution in [0.15, 0.2) is 28.7 Å². The molecule has 2 aromatic rings. The number of methoxy groups -OCH3 is 1. The molecular formula is C19H21BrN2O2S2. The number of ether oxygens (including phenoxy) is 1. The highest BCUT2D eigenvalue weighted by Gasteiger charge is 2.25. The summed E-state index contributed by atoms with van der Waals surface area (Å²) in [6.07, 6.45) is 6.65. The van der Waals surface area contributed by atoms with Gasteiger partial charge in [0, 0.05) is 9.35 Å². The van der Waals surface area contributed by atoms with Gasteiger partial charge in [-0.25, -0.2) is 4.79 Å². The van der Waals surface area contributed by atoms with E-state index in [9.17, 15) is 4.79 Å². The Morgan fingerprint density at radius 2 is 1.88 bits per heavy atom. The maximum atomic E-state index is 12.4. The lowest BCUT2D eigenvalue weighted by Gasteiger charge is -2.12. The number of halogens is 1. The molecule has 26 heavy (non-hydrogen) atoms. The minimum atomic E-state index is -0.297. The first-order valence-electron chi connectivity index (χ1n) is 8.65. The van der Waals surface area contributed by atoms with Crippen molar-refractivity contribution < 1.29 is 9.53 Å². The third-order valence-electron chi connectivity index (χ3n) is 4.41. The maximum Gasteiger partial charge on any atom is 0.341 e. The van der Waals surface area contributed by atoms with Gasteiger partial charge < -0.3 is 15.4 Å². The molecule has 4 nitrogen and oxygen atoms in total. The van der Waals surface area contributed by atoms with Crippen LogP contribution in [-0.2, 0) is 17.6 Å². The second-order valence-corrected chi connectivity index (χ2v) is 8.54. The molecule has 0 saturated carbocycles. The van der Waals surface area contributed by atoms with Gasteiger partial charge in [0.25, 0.3) is 0 Å². The highest BCUT2D eigenvalue weighted by molar-refractivity contribution is 9.10. The average molecular weight is 453 g/mol. The minimum absolute atomic E-state index is 0.297. The zero-order valence-electron chi connectivity index (χ0n) is 14.6. The summed E-state index contributed by atoms with van der Waals surface area (Å²) >= 11 is 10.6. The Bertz CT molecular complexity index is 820. The van der Waals surface area contributed by atoms with Crippen molar-refractivity contribution in [2.24, 2.45) is 0 Å². The summed E-state index contributed by atoms with van der Waals surface area (Å²) < 4.78 is 5.98. The van der Waals surface area contributed by atoms with E-state index >= 15 is 0 Å². The third-order valence-corrected chi connectivity index (χ3v) is 6.51. The SMILES string of the molecule is COC(=O)c1c(NC(=S)Nc2ccccc2Br)sc2c1CCCCCC2. The van der Waals surface area contributed by atoms with Gasteiger partial charge in [0.2, 0.25) is 0 Å². The largest absolute Gasteiger partial charge is 0.465 e. The fraction of sp³-hybridized carbons (Fsp3) is 0.368. The Hall–Kier alpha value is -1.44. The molecule has 1 aliphatic carbocycles. The van der Waals surface area contributed by atoms with Crippen molar-refractivity contribution in [1.82, 2.24) is 0 Å². The molecule has 1 aromatic carbocycles. The second kappa shape index (κ2) is 8.97. The Kier molecular flexibility index (Phi) is 6.67. The number of anilines is 2. The summed E-state index contributed by atoms with van der Waals surface area (Å²) in [6.45, 7) is 0. The van der Waals surface area contributed by atoms with Crippen LogP contribution < -0.4 is 10.6 Å². The zero-order valence-corrected chi connectivity index (χ0v) is 17.8. The fourth-order valence-electron chi connectivity index (χ4n) is 3.14. The van der Waals surface area contributed by atoms with Crippen LogP contribution in [0, 0.1) is 0 Å². The molecule has 0 amide bonds. The topological polar surface area (TPSA) is 50.4 Å². The van der Waals surface area contributed by atoms with E-state index in [4.69, 9.17) is 17.0 Å². The lowest BCUT2D eigenvalue weighted by Crippen LogP contribution is -2.20. The van der Waals surface area contributed by atoms with Crippen LogP contribution in [-0.4, -0.2) is 18.2 Å². The predicted octanol–water partition coefficient (Wildman–Crippen LogP) is 5.77. The van der Waals surface area contributed by atoms with E-state index in [1.807, 2.05) is 24.3 Å². The van der Waals surface area contributed by atoms with E-state index in [0.29, 0.717) is 10.7 Å². The van der Waals surface area contributed by atoms with Crippen LogP contribution in [0.25, 0.3) is 0 Å². The number of esters is 1. The molecule has 7 heteroatoms. The first-order valence-corrected chi connectivity index (χ1v) is 10.7. The molecule has 0 fully saturated rings. The molecule has 0 aliphatic heterocycles. The normalized spacial score (nSPS) is 13.9. The number of carbonyl (C=O) groups excluding carboxylic acids is 1. The molecule has 0 atom stereocenters. The zero-order chi connectivity index (χ0) is 18.5. The highest BCUT2D eigenvalue weighted by Crippen LogP contribution is 2.37. The Morgan fingerprint density at radius 1 is 1.15 bits per heavy atom. The van der Waals surface area contributed by atoms with Gasteiger partial charge in [0.05, 0.1) is 18.4 Å². The molecule has 0 saturated heterocycles. The highest BCUT2D eigenvalue weighted by atomic mass is 79.9. The van der Waals surface area contributed by atoms with Crippen molar-refractivity contribution in [2.45, 2.75) is 38.5 Å². The lowest BCUT2D eigenvalue weighted by molar-refractivity contribution is 0.0601. The van der Waals surface area contributed by atoms with Gasteiger partial charge in [-0.05, 0) is 71.5 Å². The third kappa shape index (κ3) is 4.45. The van der Waals surface area contributed by atoms with Crippen molar-refractivity contribution in [1.29, 1.82) is 0 Å². The number of rotatable bonds is 3. The van der Waals surface area contributed by atoms with Crippen LogP contribution in [0.2, 0.25) is 0 Å². The first-order chi connectivity index (χ1) is 12.6. The number of hydrogen-bond donors (Lipinski definition) is 2. The monoisotopic (exact) mass is 452 g/mol. The molecule has 0 unspecified atom stereocenters. The summed E-state index contributed by atoms with van der Waals surface area (Å²) in [6, 6.07) is 7.77. The van der Waals surface area contributed by atoms with E-state index in [2.05, 4.69) is 26.6 Å². The molecule has 0 radical (unpaired) electrons. The summed E-state index contributed by atoms with van der Waals surface area (Å²) in [4.78, 5) is 13.7. The first kappa shape index (κ1) is 19.3. The lowest BCUT2D eigenvalue weighted by atomic mass is 9.96. The van der Waals surface area contributed by atoms with Crippen LogP contribution in [0.4, 0.5) is 10.7 Å². The standard InChI is InChI=1S/C19H21BrN2O2S2/c1-24-18(23)16-12-8-4-2-3-5-11-15(12)26-17(16)22-19(25)21-14-10-7-6-9-13(14)20/h6-7,9-10H,2-5,8,11H2,1H3,(H2,21,22,25). The van der Waals surface area contributed by atoms with Gasteiger partial charge in [-0.15, -0.1) is 11.3 Å². The fourth-order valence-corrected chi connectivity index (χ4v) is 5.09. The Labute approximate surface area is 171 Å². The average Bonchev–Trinajstić information content (AvgIpc) is 2.92. The van der Waals surface area contributed by atoms with E-state index in [0.717, 1.165) is 46.4 Å². The van der Waals surface area contributed by atoms with E-state index < -0.39 is 0 Å². The van der Waals surface area contributed by atoms with E-state index in [1.165, 1.54) is 24.8 Å². The van der Waals surface area contributed by atoms with E-state index in [1.54, 1.807) is 11.3 Å². The van der Waals surface area contributed by atoms with Gasteiger partial charge >= 0.3 is 5.97 Å². The number of thiophene rings is 1. The van der Waals surface area contributed by atoms with Crippen LogP contribution in [0.1, 0.15) is 46.5 Å². The van der Waals surface area contributed by atoms with Gasteiger partial charge in [-0.2, -0.15) is 0 Å². The summed E-state index contributed by atoms with van der Waals surface area (Å²) in [5.41, 5.74) is 2.65. The molecule has 1 heterocycles. The van der Waals surface area contributed by atoms with Crippen LogP contribution in [0.3, 0.4) is 0 Å². The number of para-hydroxylation sites is 1. The van der Waals surface area contributed by atoms with Crippen molar-refractivity contribution in [3.05, 3.63) is 44.7 Å². The van der Waals surface area contributed by atoms with Crippen molar-refractivity contribution in [3.63, 3.8) is 0 Å². The number of carbonyl (C=O) groups is 1. The van der Waals surface area contributed by atoms with Gasteiger partial charge in [0.15, 0.2) is 5.11 Å². The summed E-state index contributed by atoms with van der Waals surface area (Å²) in [5.74, 6) is -0.297. The van der Waals surface area contributed by atoms with Gasteiger partial charge in [-0.1, -0.05) is 25.0 Å². The number of nitrogens with one attached hydrogen (secondary N) is 2. The summed E-state index contributed by atoms with van der Waals surface area (Å²) in [7, 11) is 1.43. The van der Waals surface area contributed by atoms with Crippen LogP contribution in [0.5, 0.6) is 0 Å². The predicted molar refractivity (Wildman–Crippen MR) is 116 cm³/mol. The molecule has 2 N–H and O–H groups in total. The Morgan fingerprint density at radius 3 is 2.62 bits per heavy atom. The molecule has 0 bridgehead atoms. The van der Waals surface area contributed by atoms with Crippen molar-refractivity contribution in [2.75, 3.05) is 17.7 Å². The smallest absolute Gasteiger partial charge is 0.341 e. The van der Waals surface area contributed by atoms with Crippen molar-refractivity contribution >= 4 is 61.3 Å². The van der Waals surface area contributed by atoms with Crippen molar-refractivity contribution in [3.8, 4) is 0 Å². The molecule has 0 spiro atoms. The molecular weight excluding hydrogens is 432 g/mol. The molecule has 1 aromatic heterocycles. The Balaban J connectivity index is 1.86. The number of benzene rings is 1. The number of fused-ring (bicyclic) bond motifs is 1. The van der Waals surface area contributed by atoms with Crippen LogP contribution >= 0.6 is 39.5 Å². The molecule has 3 rings (SSSR count). The second-order valence-electron chi connectivity index (χ2n) is 6.17. The van der Waals surface area contributed by atoms with E-state index in [-0.39, 0.29) is 5.97 Å². The molecule has 138 valence electrons. The quantitative estimate of drug-likeness (QED) is 0.457. The minimum Gasteiger partial charge on any atom is -0.465 e. The number of thiocarbonyl (C=S) groups is 1.